The third kappa shape index (κ3) is 4.78. The average Bonchev–Trinajstić information content (AvgIpc) is 3.09. The molecular weight excluding hydrogens is 367 g/mol. The first kappa shape index (κ1) is 18.7. The number of hydrogen-bond donors (Lipinski definition) is 0. The first-order valence-electron chi connectivity index (χ1n) is 8.02. The molecule has 10 heteroatoms. The van der Waals surface area contributed by atoms with Gasteiger partial charge in [-0.25, -0.2) is 9.97 Å². The molecule has 27 heavy (non-hydrogen) atoms. The van der Waals surface area contributed by atoms with Crippen LogP contribution >= 0.6 is 0 Å². The predicted molar refractivity (Wildman–Crippen MR) is 86.6 cm³/mol. The Morgan fingerprint density at radius 2 is 1.96 bits per heavy atom. The number of amides is 1. The zero-order valence-corrected chi connectivity index (χ0v) is 14.3. The van der Waals surface area contributed by atoms with Crippen LogP contribution in [0, 0.1) is 0 Å². The third-order valence-electron chi connectivity index (χ3n) is 3.85. The van der Waals surface area contributed by atoms with E-state index in [1.54, 1.807) is 0 Å². The molecule has 2 aromatic rings. The second-order valence-corrected chi connectivity index (χ2v) is 5.73. The summed E-state index contributed by atoms with van der Waals surface area (Å²) >= 11 is 0. The number of alkyl halides is 3. The predicted octanol–water partition coefficient (Wildman–Crippen LogP) is 2.68. The molecule has 1 aromatic heterocycles. The molecule has 0 N–H and O–H groups in total. The number of methoxy groups -OCH3 is 1. The molecule has 1 aliphatic heterocycles. The molecule has 3 rings (SSSR count). The van der Waals surface area contributed by atoms with Crippen molar-refractivity contribution in [2.75, 3.05) is 20.2 Å². The van der Waals surface area contributed by atoms with Crippen LogP contribution in [0.25, 0.3) is 0 Å². The van der Waals surface area contributed by atoms with E-state index < -0.39 is 18.0 Å². The largest absolute Gasteiger partial charge is 0.573 e. The minimum Gasteiger partial charge on any atom is -0.477 e. The number of carbonyl (C=O) groups excluding carboxylic acids is 1. The van der Waals surface area contributed by atoms with E-state index >= 15 is 0 Å². The number of hydrogen-bond acceptors (Lipinski definition) is 6. The van der Waals surface area contributed by atoms with Crippen molar-refractivity contribution in [3.8, 4) is 17.5 Å². The van der Waals surface area contributed by atoms with Gasteiger partial charge in [0.2, 0.25) is 0 Å². The summed E-state index contributed by atoms with van der Waals surface area (Å²) in [5, 5.41) is 0. The van der Waals surface area contributed by atoms with Crippen molar-refractivity contribution >= 4 is 5.91 Å². The van der Waals surface area contributed by atoms with E-state index in [0.717, 1.165) is 12.1 Å². The van der Waals surface area contributed by atoms with Crippen molar-refractivity contribution in [1.29, 1.82) is 0 Å². The average molecular weight is 383 g/mol. The molecule has 1 fully saturated rings. The molecule has 0 bridgehead atoms. The summed E-state index contributed by atoms with van der Waals surface area (Å²) < 4.78 is 51.7. The lowest BCUT2D eigenvalue weighted by atomic mass is 10.2. The van der Waals surface area contributed by atoms with E-state index in [4.69, 9.17) is 9.47 Å². The van der Waals surface area contributed by atoms with Gasteiger partial charge < -0.3 is 19.1 Å². The van der Waals surface area contributed by atoms with E-state index in [-0.39, 0.29) is 30.0 Å². The lowest BCUT2D eigenvalue weighted by molar-refractivity contribution is -0.274. The van der Waals surface area contributed by atoms with E-state index in [1.165, 1.54) is 36.5 Å². The number of aromatic nitrogens is 2. The minimum absolute atomic E-state index is 0.106. The van der Waals surface area contributed by atoms with Gasteiger partial charge in [-0.2, -0.15) is 0 Å². The molecule has 7 nitrogen and oxygen atoms in total. The van der Waals surface area contributed by atoms with Crippen LogP contribution in [0.2, 0.25) is 0 Å². The molecule has 1 atom stereocenters. The Labute approximate surface area is 152 Å². The van der Waals surface area contributed by atoms with E-state index in [0.29, 0.717) is 13.0 Å². The molecule has 0 aliphatic carbocycles. The molecular formula is C17H16F3N3O4. The maximum absolute atomic E-state index is 12.6. The Kier molecular flexibility index (Phi) is 5.33. The molecule has 0 radical (unpaired) electrons. The summed E-state index contributed by atoms with van der Waals surface area (Å²) in [6.07, 6.45) is -1.67. The zero-order chi connectivity index (χ0) is 19.4. The summed E-state index contributed by atoms with van der Waals surface area (Å²) in [5.41, 5.74) is 0.106. The van der Waals surface area contributed by atoms with Gasteiger partial charge in [-0.3, -0.25) is 4.79 Å². The lowest BCUT2D eigenvalue weighted by Gasteiger charge is -2.18. The van der Waals surface area contributed by atoms with Crippen molar-refractivity contribution < 1.29 is 32.2 Å². The van der Waals surface area contributed by atoms with Crippen LogP contribution in [0.5, 0.6) is 17.5 Å². The number of halogens is 3. The summed E-state index contributed by atoms with van der Waals surface area (Å²) in [6.45, 7) is 0.666. The first-order chi connectivity index (χ1) is 12.9. The second kappa shape index (κ2) is 7.68. The van der Waals surface area contributed by atoms with Gasteiger partial charge in [0.05, 0.1) is 13.7 Å². The number of rotatable bonds is 5. The number of ether oxygens (including phenoxy) is 3. The topological polar surface area (TPSA) is 73.8 Å². The Hall–Kier alpha value is -3.04. The van der Waals surface area contributed by atoms with Crippen molar-refractivity contribution in [3.63, 3.8) is 0 Å². The molecule has 1 unspecified atom stereocenters. The van der Waals surface area contributed by atoms with Gasteiger partial charge in [0.25, 0.3) is 17.7 Å². The van der Waals surface area contributed by atoms with E-state index in [1.807, 2.05) is 0 Å². The van der Waals surface area contributed by atoms with Crippen molar-refractivity contribution in [2.45, 2.75) is 18.9 Å². The van der Waals surface area contributed by atoms with Crippen LogP contribution in [-0.2, 0) is 0 Å². The molecule has 1 amide bonds. The number of benzene rings is 1. The fourth-order valence-electron chi connectivity index (χ4n) is 2.71. The van der Waals surface area contributed by atoms with Crippen molar-refractivity contribution in [1.82, 2.24) is 14.9 Å². The fourth-order valence-corrected chi connectivity index (χ4v) is 2.71. The second-order valence-electron chi connectivity index (χ2n) is 5.73. The monoisotopic (exact) mass is 383 g/mol. The number of nitrogens with zero attached hydrogens (tertiary/aromatic N) is 3. The highest BCUT2D eigenvalue weighted by Crippen LogP contribution is 2.26. The Bertz CT molecular complexity index is 816. The van der Waals surface area contributed by atoms with Gasteiger partial charge >= 0.3 is 6.36 Å². The summed E-state index contributed by atoms with van der Waals surface area (Å²) in [4.78, 5) is 22.1. The van der Waals surface area contributed by atoms with Crippen LogP contribution in [0.15, 0.2) is 36.7 Å². The smallest absolute Gasteiger partial charge is 0.477 e. The van der Waals surface area contributed by atoms with Gasteiger partial charge in [-0.05, 0) is 18.2 Å². The van der Waals surface area contributed by atoms with Crippen LogP contribution in [0.4, 0.5) is 13.2 Å². The first-order valence-corrected chi connectivity index (χ1v) is 8.02. The molecule has 144 valence electrons. The van der Waals surface area contributed by atoms with E-state index in [2.05, 4.69) is 14.7 Å². The van der Waals surface area contributed by atoms with Gasteiger partial charge in [-0.1, -0.05) is 6.07 Å². The van der Waals surface area contributed by atoms with Gasteiger partial charge in [0, 0.05) is 30.9 Å². The molecule has 0 saturated carbocycles. The number of likely N-dealkylation sites (tertiary alicyclic amines) is 1. The highest BCUT2D eigenvalue weighted by Gasteiger charge is 2.32. The summed E-state index contributed by atoms with van der Waals surface area (Å²) in [5.74, 6) is -0.386. The standard InChI is InChI=1S/C17H16F3N3O4/c1-25-14-15(22-7-6-21-14)26-13-5-8-23(10-13)16(24)11-3-2-4-12(9-11)27-17(18,19)20/h2-4,6-7,9,13H,5,8,10H2,1H3. The maximum Gasteiger partial charge on any atom is 0.573 e. The molecule has 1 aromatic carbocycles. The van der Waals surface area contributed by atoms with Gasteiger partial charge in [0.1, 0.15) is 11.9 Å². The van der Waals surface area contributed by atoms with E-state index in [9.17, 15) is 18.0 Å². The molecule has 1 saturated heterocycles. The Morgan fingerprint density at radius 3 is 2.67 bits per heavy atom. The quantitative estimate of drug-likeness (QED) is 0.791. The van der Waals surface area contributed by atoms with Crippen molar-refractivity contribution in [3.05, 3.63) is 42.2 Å². The molecule has 2 heterocycles. The highest BCUT2D eigenvalue weighted by molar-refractivity contribution is 5.94. The fraction of sp³-hybridized carbons (Fsp3) is 0.353. The minimum atomic E-state index is -4.82. The maximum atomic E-state index is 12.6. The molecule has 1 aliphatic rings. The highest BCUT2D eigenvalue weighted by atomic mass is 19.4. The van der Waals surface area contributed by atoms with Crippen LogP contribution in [-0.4, -0.2) is 53.4 Å². The van der Waals surface area contributed by atoms with Crippen LogP contribution in [0.1, 0.15) is 16.8 Å². The lowest BCUT2D eigenvalue weighted by Crippen LogP contribution is -2.31. The Morgan fingerprint density at radius 1 is 1.22 bits per heavy atom. The summed E-state index contributed by atoms with van der Waals surface area (Å²) in [6, 6.07) is 4.98. The van der Waals surface area contributed by atoms with Crippen LogP contribution < -0.4 is 14.2 Å². The number of carbonyl (C=O) groups is 1. The normalized spacial score (nSPS) is 16.9. The van der Waals surface area contributed by atoms with Gasteiger partial charge in [-0.15, -0.1) is 13.2 Å². The van der Waals surface area contributed by atoms with Gasteiger partial charge in [0.15, 0.2) is 0 Å². The molecule has 0 spiro atoms. The Balaban J connectivity index is 1.65. The third-order valence-corrected chi connectivity index (χ3v) is 3.85. The zero-order valence-electron chi connectivity index (χ0n) is 14.3. The van der Waals surface area contributed by atoms with Crippen molar-refractivity contribution in [2.24, 2.45) is 0 Å². The summed E-state index contributed by atoms with van der Waals surface area (Å²) in [7, 11) is 1.44. The van der Waals surface area contributed by atoms with Crippen LogP contribution in [0.3, 0.4) is 0 Å². The SMILES string of the molecule is COc1nccnc1OC1CCN(C(=O)c2cccc(OC(F)(F)F)c2)C1.